The molecule has 0 aromatic rings. The van der Waals surface area contributed by atoms with Gasteiger partial charge >= 0.3 is 5.23 Å². The van der Waals surface area contributed by atoms with Crippen molar-refractivity contribution in [1.29, 1.82) is 0 Å². The Morgan fingerprint density at radius 3 is 2.11 bits per heavy atom. The molecule has 4 saturated carbocycles. The molecule has 3 heteroatoms. The summed E-state index contributed by atoms with van der Waals surface area (Å²) in [6, 6.07) is 0. The molecule has 0 radical (unpaired) electrons. The van der Waals surface area contributed by atoms with Gasteiger partial charge in [0.2, 0.25) is 0 Å². The number of nitrogens with zero attached hydrogens (tertiary/aromatic N) is 1. The third-order valence-electron chi connectivity index (χ3n) is 5.73. The van der Waals surface area contributed by atoms with Gasteiger partial charge in [-0.25, -0.2) is 0 Å². The maximum absolute atomic E-state index is 6.02. The third kappa shape index (κ3) is 1.65. The van der Waals surface area contributed by atoms with E-state index >= 15 is 0 Å². The molecule has 1 heterocycles. The Bertz CT molecular complexity index is 368. The monoisotopic (exact) mass is 266 g/mol. The van der Waals surface area contributed by atoms with Crippen LogP contribution in [0.2, 0.25) is 0 Å². The van der Waals surface area contributed by atoms with Gasteiger partial charge in [0, 0.05) is 25.0 Å². The van der Waals surface area contributed by atoms with Crippen molar-refractivity contribution in [3.05, 3.63) is 0 Å². The van der Waals surface area contributed by atoms with Crippen LogP contribution in [0, 0.1) is 17.8 Å². The van der Waals surface area contributed by atoms with Crippen molar-refractivity contribution in [1.82, 2.24) is 0 Å². The number of ether oxygens (including phenoxy) is 1. The highest BCUT2D eigenvalue weighted by molar-refractivity contribution is 8.13. The van der Waals surface area contributed by atoms with Crippen LogP contribution in [0.15, 0.2) is 0 Å². The van der Waals surface area contributed by atoms with E-state index in [1.54, 1.807) is 0 Å². The standard InChI is InChI=1S/C15H24NOS/c1-10-9-18-14(17-10)16(2)15-6-11-3-12(7-15)5-13(4-11)8-15/h10-13H,3-9H2,1-2H3/q+1. The fourth-order valence-corrected chi connectivity index (χ4v) is 6.34. The van der Waals surface area contributed by atoms with Gasteiger partial charge < -0.3 is 4.74 Å². The zero-order valence-electron chi connectivity index (χ0n) is 11.5. The Hall–Kier alpha value is -0.180. The molecule has 5 rings (SSSR count). The average molecular weight is 266 g/mol. The Morgan fingerprint density at radius 1 is 1.11 bits per heavy atom. The summed E-state index contributed by atoms with van der Waals surface area (Å²) >= 11 is 1.93. The number of thioether (sulfide) groups is 1. The Labute approximate surface area is 114 Å². The van der Waals surface area contributed by atoms with Gasteiger partial charge in [-0.2, -0.15) is 4.58 Å². The van der Waals surface area contributed by atoms with Crippen molar-refractivity contribution in [2.45, 2.75) is 57.1 Å². The first-order valence-electron chi connectivity index (χ1n) is 7.55. The largest absolute Gasteiger partial charge is 0.436 e. The van der Waals surface area contributed by atoms with Crippen LogP contribution in [0.1, 0.15) is 45.4 Å². The second-order valence-electron chi connectivity index (χ2n) is 7.21. The van der Waals surface area contributed by atoms with Crippen LogP contribution in [0.4, 0.5) is 0 Å². The van der Waals surface area contributed by atoms with Gasteiger partial charge in [-0.05, 0) is 55.7 Å². The Morgan fingerprint density at radius 2 is 1.67 bits per heavy atom. The molecule has 1 saturated heterocycles. The lowest BCUT2D eigenvalue weighted by Crippen LogP contribution is -2.56. The smallest absolute Gasteiger partial charge is 0.401 e. The predicted octanol–water partition coefficient (Wildman–Crippen LogP) is 3.11. The summed E-state index contributed by atoms with van der Waals surface area (Å²) in [4.78, 5) is 0. The van der Waals surface area contributed by atoms with E-state index in [1.165, 1.54) is 43.8 Å². The highest BCUT2D eigenvalue weighted by atomic mass is 32.2. The van der Waals surface area contributed by atoms with Crippen molar-refractivity contribution in [3.8, 4) is 0 Å². The predicted molar refractivity (Wildman–Crippen MR) is 75.1 cm³/mol. The molecule has 5 fully saturated rings. The van der Waals surface area contributed by atoms with Gasteiger partial charge in [0.15, 0.2) is 5.54 Å². The molecule has 4 aliphatic carbocycles. The molecule has 100 valence electrons. The summed E-state index contributed by atoms with van der Waals surface area (Å²) in [5.41, 5.74) is 0.459. The van der Waals surface area contributed by atoms with E-state index in [-0.39, 0.29) is 0 Å². The second-order valence-corrected chi connectivity index (χ2v) is 8.18. The molecule has 2 nitrogen and oxygen atoms in total. The van der Waals surface area contributed by atoms with Crippen molar-refractivity contribution >= 4 is 17.0 Å². The first-order chi connectivity index (χ1) is 8.64. The van der Waals surface area contributed by atoms with Crippen LogP contribution in [0.25, 0.3) is 0 Å². The third-order valence-corrected chi connectivity index (χ3v) is 6.99. The molecule has 0 amide bonds. The molecule has 18 heavy (non-hydrogen) atoms. The molecule has 0 N–H and O–H groups in total. The minimum atomic E-state index is 0.404. The van der Waals surface area contributed by atoms with Crippen molar-refractivity contribution in [2.24, 2.45) is 17.8 Å². The van der Waals surface area contributed by atoms with Crippen LogP contribution in [0.3, 0.4) is 0 Å². The van der Waals surface area contributed by atoms with Gasteiger partial charge in [-0.3, -0.25) is 0 Å². The first kappa shape index (κ1) is 11.6. The Balaban J connectivity index is 1.67. The van der Waals surface area contributed by atoms with E-state index in [9.17, 15) is 0 Å². The molecule has 1 aliphatic heterocycles. The van der Waals surface area contributed by atoms with Crippen molar-refractivity contribution in [2.75, 3.05) is 12.8 Å². The average Bonchev–Trinajstić information content (AvgIpc) is 2.73. The quantitative estimate of drug-likeness (QED) is 0.676. The van der Waals surface area contributed by atoms with E-state index in [0.717, 1.165) is 23.5 Å². The summed E-state index contributed by atoms with van der Waals surface area (Å²) in [5.74, 6) is 4.18. The number of hydrogen-bond donors (Lipinski definition) is 0. The molecular weight excluding hydrogens is 242 g/mol. The fourth-order valence-electron chi connectivity index (χ4n) is 5.27. The summed E-state index contributed by atoms with van der Waals surface area (Å²) in [6.07, 6.45) is 9.25. The zero-order valence-corrected chi connectivity index (χ0v) is 12.3. The summed E-state index contributed by atoms with van der Waals surface area (Å²) < 4.78 is 8.57. The van der Waals surface area contributed by atoms with E-state index in [1.807, 2.05) is 11.8 Å². The molecule has 1 unspecified atom stereocenters. The lowest BCUT2D eigenvalue weighted by molar-refractivity contribution is -0.605. The summed E-state index contributed by atoms with van der Waals surface area (Å²) in [7, 11) is 2.30. The molecule has 0 aromatic heterocycles. The zero-order chi connectivity index (χ0) is 12.3. The van der Waals surface area contributed by atoms with Crippen molar-refractivity contribution in [3.63, 3.8) is 0 Å². The van der Waals surface area contributed by atoms with Crippen LogP contribution >= 0.6 is 11.8 Å². The SMILES string of the molecule is CC1CSC(=[N+](C)C23CC4CC(CC(C4)C2)C3)O1. The molecular formula is C15H24NOS+. The Kier molecular flexibility index (Phi) is 2.53. The number of rotatable bonds is 1. The van der Waals surface area contributed by atoms with Crippen LogP contribution in [-0.4, -0.2) is 34.2 Å². The topological polar surface area (TPSA) is 12.2 Å². The maximum Gasteiger partial charge on any atom is 0.401 e. The number of hydrogen-bond acceptors (Lipinski definition) is 2. The lowest BCUT2D eigenvalue weighted by atomic mass is 9.53. The van der Waals surface area contributed by atoms with Crippen molar-refractivity contribution < 1.29 is 9.31 Å². The van der Waals surface area contributed by atoms with E-state index in [4.69, 9.17) is 4.74 Å². The van der Waals surface area contributed by atoms with Crippen LogP contribution in [0.5, 0.6) is 0 Å². The van der Waals surface area contributed by atoms with E-state index in [0.29, 0.717) is 11.6 Å². The molecule has 4 bridgehead atoms. The van der Waals surface area contributed by atoms with Gasteiger partial charge in [0.1, 0.15) is 13.2 Å². The highest BCUT2D eigenvalue weighted by Gasteiger charge is 2.57. The van der Waals surface area contributed by atoms with Gasteiger partial charge in [0.25, 0.3) is 0 Å². The van der Waals surface area contributed by atoms with Crippen LogP contribution < -0.4 is 0 Å². The molecule has 0 aromatic carbocycles. The van der Waals surface area contributed by atoms with Gasteiger partial charge in [-0.15, -0.1) is 0 Å². The lowest BCUT2D eigenvalue weighted by Gasteiger charge is -2.53. The van der Waals surface area contributed by atoms with E-state index < -0.39 is 0 Å². The summed E-state index contributed by atoms with van der Waals surface area (Å²) in [5, 5.41) is 1.21. The molecule has 0 spiro atoms. The van der Waals surface area contributed by atoms with Gasteiger partial charge in [-0.1, -0.05) is 0 Å². The first-order valence-corrected chi connectivity index (χ1v) is 8.53. The summed E-state index contributed by atoms with van der Waals surface area (Å²) in [6.45, 7) is 2.19. The molecule has 1 atom stereocenters. The minimum absolute atomic E-state index is 0.404. The normalized spacial score (nSPS) is 52.6. The second kappa shape index (κ2) is 3.91. The highest BCUT2D eigenvalue weighted by Crippen LogP contribution is 2.57. The fraction of sp³-hybridized carbons (Fsp3) is 0.933. The van der Waals surface area contributed by atoms with Crippen LogP contribution in [-0.2, 0) is 4.74 Å². The minimum Gasteiger partial charge on any atom is -0.436 e. The van der Waals surface area contributed by atoms with E-state index in [2.05, 4.69) is 18.5 Å². The molecule has 5 aliphatic rings. The van der Waals surface area contributed by atoms with Gasteiger partial charge in [0.05, 0.1) is 0 Å². The maximum atomic E-state index is 6.02.